The van der Waals surface area contributed by atoms with Crippen molar-refractivity contribution in [3.05, 3.63) is 259 Å². The molecule has 0 aliphatic heterocycles. The van der Waals surface area contributed by atoms with Gasteiger partial charge in [-0.3, -0.25) is 19.6 Å². The fourth-order valence-corrected chi connectivity index (χ4v) is 8.82. The number of carbonyl (C=O) groups excluding carboxylic acids is 2. The first-order valence-electron chi connectivity index (χ1n) is 23.6. The number of aromatic nitrogens is 2. The van der Waals surface area contributed by atoms with E-state index in [1.54, 1.807) is 60.7 Å². The largest absolute Gasteiger partial charge is 0.508 e. The lowest BCUT2D eigenvalue weighted by atomic mass is 9.80. The van der Waals surface area contributed by atoms with E-state index in [2.05, 4.69) is 25.3 Å². The highest BCUT2D eigenvalue weighted by atomic mass is 35.5. The van der Waals surface area contributed by atoms with Crippen LogP contribution < -0.4 is 15.4 Å². The number of hydrogen-bond donors (Lipinski definition) is 3. The van der Waals surface area contributed by atoms with Crippen LogP contribution in [0.15, 0.2) is 170 Å². The van der Waals surface area contributed by atoms with Crippen LogP contribution in [0.4, 0.5) is 52.7 Å². The van der Waals surface area contributed by atoms with Crippen molar-refractivity contribution in [1.82, 2.24) is 20.6 Å². The zero-order valence-electron chi connectivity index (χ0n) is 41.5. The Labute approximate surface area is 459 Å². The van der Waals surface area contributed by atoms with Crippen LogP contribution in [-0.2, 0) is 36.0 Å². The Hall–Kier alpha value is -8.10. The number of benzene rings is 6. The van der Waals surface area contributed by atoms with Gasteiger partial charge in [0, 0.05) is 55.4 Å². The summed E-state index contributed by atoms with van der Waals surface area (Å²) < 4.78 is 170. The third kappa shape index (κ3) is 14.2. The van der Waals surface area contributed by atoms with Crippen LogP contribution in [0.3, 0.4) is 0 Å². The fourth-order valence-electron chi connectivity index (χ4n) is 8.60. The van der Waals surface area contributed by atoms with E-state index in [4.69, 9.17) is 23.2 Å². The molecule has 22 heteroatoms. The van der Waals surface area contributed by atoms with Gasteiger partial charge in [-0.25, -0.2) is 22.0 Å². The molecule has 0 radical (unpaired) electrons. The van der Waals surface area contributed by atoms with Crippen LogP contribution in [0.1, 0.15) is 78.0 Å². The van der Waals surface area contributed by atoms with Gasteiger partial charge in [0.05, 0.1) is 32.6 Å². The van der Waals surface area contributed by atoms with E-state index in [0.717, 1.165) is 54.6 Å². The van der Waals surface area contributed by atoms with E-state index in [-0.39, 0.29) is 51.5 Å². The van der Waals surface area contributed by atoms with Gasteiger partial charge in [0.1, 0.15) is 40.0 Å². The third-order valence-electron chi connectivity index (χ3n) is 12.4. The van der Waals surface area contributed by atoms with E-state index < -0.39 is 93.2 Å². The van der Waals surface area contributed by atoms with E-state index in [1.807, 2.05) is 0 Å². The minimum absolute atomic E-state index is 0.0329. The van der Waals surface area contributed by atoms with Crippen molar-refractivity contribution in [3.8, 4) is 11.5 Å². The number of nitrogens with zero attached hydrogens (tertiary/aromatic N) is 2. The Balaban J connectivity index is 0.000000234. The second-order valence-electron chi connectivity index (χ2n) is 18.2. The molecule has 3 N–H and O–H groups in total. The molecule has 80 heavy (non-hydrogen) atoms. The average molecular weight is 1160 g/mol. The van der Waals surface area contributed by atoms with Gasteiger partial charge in [-0.2, -0.15) is 30.7 Å². The maximum Gasteiger partial charge on any atom is 0.461 e. The highest BCUT2D eigenvalue weighted by molar-refractivity contribution is 6.30. The van der Waals surface area contributed by atoms with Crippen molar-refractivity contribution in [1.29, 1.82) is 0 Å². The fraction of sp³-hybridized carbons (Fsp3) is 0.172. The SMILES string of the molecule is CC(F)(F)c1cc(C(=O)N[C@@](Cc2ccccc2)(c2cc(O)cc(F)c2)c2ccc(Cl)cn2)ccc1F.Cc1ccc(C(=O)NC(Cc2ccccc2)(c2cc(F)cc(OC(F)(F)C(F)F)c2)c2ccc(Cl)cn2)cc1C(F)(F)F. The van der Waals surface area contributed by atoms with Gasteiger partial charge in [0.25, 0.3) is 17.7 Å². The second kappa shape index (κ2) is 24.1. The predicted octanol–water partition coefficient (Wildman–Crippen LogP) is 15.1. The minimum Gasteiger partial charge on any atom is -0.508 e. The molecule has 0 aliphatic rings. The molecular weight excluding hydrogens is 1120 g/mol. The number of carbonyl (C=O) groups is 2. The van der Waals surface area contributed by atoms with E-state index in [0.29, 0.717) is 35.2 Å². The Kier molecular flexibility index (Phi) is 17.9. The predicted molar refractivity (Wildman–Crippen MR) is 273 cm³/mol. The number of phenolic OH excluding ortho intramolecular Hbond substituents is 1. The number of alkyl halides is 9. The number of rotatable bonds is 16. The number of hydrogen-bond acceptors (Lipinski definition) is 6. The lowest BCUT2D eigenvalue weighted by Crippen LogP contribution is -2.49. The van der Waals surface area contributed by atoms with Crippen molar-refractivity contribution in [2.45, 2.75) is 62.4 Å². The van der Waals surface area contributed by atoms with Gasteiger partial charge >= 0.3 is 18.7 Å². The lowest BCUT2D eigenvalue weighted by Gasteiger charge is -2.36. The Morgan fingerprint density at radius 3 is 1.49 bits per heavy atom. The summed E-state index contributed by atoms with van der Waals surface area (Å²) in [5.41, 5.74) is -5.15. The summed E-state index contributed by atoms with van der Waals surface area (Å²) in [5, 5.41) is 16.1. The summed E-state index contributed by atoms with van der Waals surface area (Å²) in [6, 6.07) is 33.8. The third-order valence-corrected chi connectivity index (χ3v) is 12.8. The van der Waals surface area contributed by atoms with Gasteiger partial charge in [-0.15, -0.1) is 0 Å². The number of pyridine rings is 2. The molecule has 1 unspecified atom stereocenters. The molecular formula is C58H42Cl2F12N4O4. The number of amides is 2. The number of phenols is 1. The van der Waals surface area contributed by atoms with Crippen molar-refractivity contribution in [2.24, 2.45) is 0 Å². The van der Waals surface area contributed by atoms with Gasteiger partial charge in [0.15, 0.2) is 0 Å². The summed E-state index contributed by atoms with van der Waals surface area (Å²) in [4.78, 5) is 35.8. The number of ether oxygens (including phenoxy) is 1. The van der Waals surface area contributed by atoms with Crippen LogP contribution >= 0.6 is 23.2 Å². The zero-order valence-corrected chi connectivity index (χ0v) is 43.0. The summed E-state index contributed by atoms with van der Waals surface area (Å²) >= 11 is 12.0. The highest BCUT2D eigenvalue weighted by Crippen LogP contribution is 2.40. The number of nitrogens with one attached hydrogen (secondary N) is 2. The minimum atomic E-state index is -5.00. The standard InChI is InChI=1S/C30H21ClF8N2O2.C28H21ClF4N2O2/c1-17-7-8-19(11-24(17)29(35,36)37)26(42)41-28(15-18-5-3-2-4-6-18,25-10-9-21(31)16-40-25)20-12-22(32)14-23(13-20)43-30(38,39)27(33)34;1-27(32,33)23-11-18(7-9-24(23)31)26(37)35-28(15-17-5-3-2-4-6-17,25-10-8-20(29)16-34-25)19-12-21(30)14-22(36)13-19/h2-14,16,27H,15H2,1H3,(H,41,42);2-14,16,36H,15H2,1H3,(H,35,37)/t;28-/m.0/s1. The summed E-state index contributed by atoms with van der Waals surface area (Å²) in [7, 11) is 0. The van der Waals surface area contributed by atoms with Gasteiger partial charge in [-0.05, 0) is 114 Å². The number of aromatic hydroxyl groups is 1. The summed E-state index contributed by atoms with van der Waals surface area (Å²) in [6.07, 6.45) is -11.7. The zero-order chi connectivity index (χ0) is 58.4. The normalized spacial score (nSPS) is 13.3. The maximum absolute atomic E-state index is 15.0. The van der Waals surface area contributed by atoms with Crippen molar-refractivity contribution >= 4 is 35.0 Å². The lowest BCUT2D eigenvalue weighted by molar-refractivity contribution is -0.253. The first-order chi connectivity index (χ1) is 37.6. The van der Waals surface area contributed by atoms with Crippen LogP contribution in [0.5, 0.6) is 11.5 Å². The Bertz CT molecular complexity index is 3470. The van der Waals surface area contributed by atoms with E-state index in [9.17, 15) is 67.4 Å². The molecule has 8 aromatic rings. The Morgan fingerprint density at radius 2 is 1.05 bits per heavy atom. The second-order valence-corrected chi connectivity index (χ2v) is 19.1. The average Bonchev–Trinajstić information content (AvgIpc) is 3.38. The number of halogens is 14. The van der Waals surface area contributed by atoms with E-state index in [1.165, 1.54) is 49.6 Å². The molecule has 6 aromatic carbocycles. The molecule has 0 aliphatic carbocycles. The van der Waals surface area contributed by atoms with E-state index >= 15 is 0 Å². The first-order valence-corrected chi connectivity index (χ1v) is 24.3. The van der Waals surface area contributed by atoms with Gasteiger partial charge in [-0.1, -0.05) is 89.9 Å². The van der Waals surface area contributed by atoms with Crippen molar-refractivity contribution < 1.29 is 72.1 Å². The van der Waals surface area contributed by atoms with Crippen molar-refractivity contribution in [3.63, 3.8) is 0 Å². The van der Waals surface area contributed by atoms with Crippen molar-refractivity contribution in [2.75, 3.05) is 0 Å². The summed E-state index contributed by atoms with van der Waals surface area (Å²) in [5.74, 6) is -9.98. The van der Waals surface area contributed by atoms with Gasteiger partial charge < -0.3 is 20.5 Å². The monoisotopic (exact) mass is 1160 g/mol. The topological polar surface area (TPSA) is 113 Å². The number of aryl methyl sites for hydroxylation is 1. The molecule has 8 rings (SSSR count). The molecule has 8 nitrogen and oxygen atoms in total. The summed E-state index contributed by atoms with van der Waals surface area (Å²) in [6.45, 7) is 1.74. The molecule has 416 valence electrons. The molecule has 0 saturated carbocycles. The maximum atomic E-state index is 15.0. The molecule has 2 heterocycles. The van der Waals surface area contributed by atoms with Crippen LogP contribution in [0.2, 0.25) is 10.0 Å². The van der Waals surface area contributed by atoms with Crippen LogP contribution in [0, 0.1) is 24.4 Å². The highest BCUT2D eigenvalue weighted by Gasteiger charge is 2.46. The Morgan fingerprint density at radius 1 is 0.588 bits per heavy atom. The van der Waals surface area contributed by atoms with Crippen LogP contribution in [0.25, 0.3) is 0 Å². The molecule has 2 aromatic heterocycles. The first kappa shape index (κ1) is 59.6. The van der Waals surface area contributed by atoms with Crippen LogP contribution in [-0.4, -0.2) is 39.4 Å². The molecule has 2 amide bonds. The molecule has 0 saturated heterocycles. The molecule has 0 spiro atoms. The molecule has 0 bridgehead atoms. The van der Waals surface area contributed by atoms with Gasteiger partial charge in [0.2, 0.25) is 0 Å². The molecule has 2 atom stereocenters. The smallest absolute Gasteiger partial charge is 0.461 e. The quantitative estimate of drug-likeness (QED) is 0.0831. The molecule has 0 fully saturated rings.